The highest BCUT2D eigenvalue weighted by Gasteiger charge is 2.19. The summed E-state index contributed by atoms with van der Waals surface area (Å²) < 4.78 is 25.5. The first kappa shape index (κ1) is 13.3. The molecule has 0 saturated carbocycles. The Morgan fingerprint density at radius 1 is 1.35 bits per heavy atom. The molecule has 1 heterocycles. The topological polar surface area (TPSA) is 102 Å². The second kappa shape index (κ2) is 6.09. The molecule has 0 aromatic carbocycles. The Kier molecular flexibility index (Phi) is 4.77. The summed E-state index contributed by atoms with van der Waals surface area (Å²) in [7, 11) is 0. The number of aliphatic hydroxyl groups is 2. The van der Waals surface area contributed by atoms with Crippen molar-refractivity contribution in [3.05, 3.63) is 40.0 Å². The molecular weight excluding hydrogens is 234 g/mol. The van der Waals surface area contributed by atoms with Gasteiger partial charge in [-0.2, -0.15) is 13.8 Å². The van der Waals surface area contributed by atoms with Crippen LogP contribution in [0.2, 0.25) is 0 Å². The predicted molar refractivity (Wildman–Crippen MR) is 53.7 cm³/mol. The maximum absolute atomic E-state index is 12.7. The van der Waals surface area contributed by atoms with E-state index in [1.165, 1.54) is 0 Å². The maximum atomic E-state index is 12.7. The highest BCUT2D eigenvalue weighted by molar-refractivity contribution is 5.16. The highest BCUT2D eigenvalue weighted by Crippen LogP contribution is 2.19. The van der Waals surface area contributed by atoms with Crippen LogP contribution in [0.4, 0.5) is 8.78 Å². The van der Waals surface area contributed by atoms with Gasteiger partial charge in [0.2, 0.25) is 11.9 Å². The summed E-state index contributed by atoms with van der Waals surface area (Å²) in [6, 6.07) is 1.65. The second-order valence-corrected chi connectivity index (χ2v) is 3.30. The molecule has 2 N–H and O–H groups in total. The Morgan fingerprint density at radius 3 is 2.47 bits per heavy atom. The monoisotopic (exact) mass is 244 g/mol. The minimum Gasteiger partial charge on any atom is -0.390 e. The molecule has 92 valence electrons. The van der Waals surface area contributed by atoms with E-state index in [0.717, 1.165) is 12.1 Å². The van der Waals surface area contributed by atoms with Crippen molar-refractivity contribution in [1.82, 2.24) is 4.98 Å². The van der Waals surface area contributed by atoms with E-state index in [9.17, 15) is 19.0 Å². The molecule has 0 amide bonds. The van der Waals surface area contributed by atoms with Gasteiger partial charge in [0.25, 0.3) is 0 Å². The number of pyridine rings is 1. The van der Waals surface area contributed by atoms with Gasteiger partial charge in [-0.05, 0) is 29.6 Å². The molecule has 1 aromatic heterocycles. The summed E-state index contributed by atoms with van der Waals surface area (Å²) in [6.45, 7) is -0.0230. The third kappa shape index (κ3) is 3.95. The van der Waals surface area contributed by atoms with Crippen molar-refractivity contribution in [3.63, 3.8) is 0 Å². The van der Waals surface area contributed by atoms with Crippen molar-refractivity contribution in [2.75, 3.05) is 6.54 Å². The molecule has 0 bridgehead atoms. The van der Waals surface area contributed by atoms with E-state index in [1.54, 1.807) is 0 Å². The van der Waals surface area contributed by atoms with Crippen LogP contribution in [-0.2, 0) is 0 Å². The maximum Gasteiger partial charge on any atom is 0.215 e. The van der Waals surface area contributed by atoms with Crippen molar-refractivity contribution < 1.29 is 19.0 Å². The predicted octanol–water partition coefficient (Wildman–Crippen LogP) is 1.45. The van der Waals surface area contributed by atoms with E-state index in [0.29, 0.717) is 0 Å². The largest absolute Gasteiger partial charge is 0.390 e. The van der Waals surface area contributed by atoms with Gasteiger partial charge in [0.05, 0.1) is 6.10 Å². The van der Waals surface area contributed by atoms with E-state index in [1.807, 2.05) is 0 Å². The van der Waals surface area contributed by atoms with Gasteiger partial charge in [-0.25, -0.2) is 0 Å². The minimum absolute atomic E-state index is 0.0171. The molecule has 17 heavy (non-hydrogen) atoms. The normalized spacial score (nSPS) is 13.9. The van der Waals surface area contributed by atoms with Gasteiger partial charge in [0.15, 0.2) is 0 Å². The summed E-state index contributed by atoms with van der Waals surface area (Å²) in [5.74, 6) is -2.16. The quantitative estimate of drug-likeness (QED) is 0.354. The first-order valence-electron chi connectivity index (χ1n) is 4.74. The molecule has 0 aliphatic rings. The number of aromatic nitrogens is 1. The molecule has 2 atom stereocenters. The standard InChI is InChI=1S/C9H10F2N4O2/c10-7-3-5(4-8(11)14-7)9(17)6(16)1-2-13-15-12/h3-4,6,9,16-17H,1-2H2. The lowest BCUT2D eigenvalue weighted by atomic mass is 10.0. The Hall–Kier alpha value is -1.76. The van der Waals surface area contributed by atoms with Crippen LogP contribution in [0, 0.1) is 11.9 Å². The molecule has 0 radical (unpaired) electrons. The molecule has 1 rings (SSSR count). The van der Waals surface area contributed by atoms with Crippen LogP contribution in [0.5, 0.6) is 0 Å². The number of hydrogen-bond donors (Lipinski definition) is 2. The first-order valence-corrected chi connectivity index (χ1v) is 4.74. The van der Waals surface area contributed by atoms with Gasteiger partial charge in [-0.1, -0.05) is 5.11 Å². The van der Waals surface area contributed by atoms with Crippen molar-refractivity contribution in [3.8, 4) is 0 Å². The van der Waals surface area contributed by atoms with Crippen LogP contribution in [0.1, 0.15) is 18.1 Å². The van der Waals surface area contributed by atoms with E-state index in [2.05, 4.69) is 15.0 Å². The highest BCUT2D eigenvalue weighted by atomic mass is 19.1. The zero-order valence-corrected chi connectivity index (χ0v) is 8.66. The Balaban J connectivity index is 2.73. The number of azide groups is 1. The van der Waals surface area contributed by atoms with Crippen LogP contribution in [0.15, 0.2) is 17.2 Å². The summed E-state index contributed by atoms with van der Waals surface area (Å²) in [5.41, 5.74) is 7.89. The van der Waals surface area contributed by atoms with Crippen LogP contribution < -0.4 is 0 Å². The van der Waals surface area contributed by atoms with E-state index >= 15 is 0 Å². The average Bonchev–Trinajstić information content (AvgIpc) is 2.27. The minimum atomic E-state index is -1.46. The Labute approximate surface area is 95.2 Å². The molecule has 0 spiro atoms. The fourth-order valence-electron chi connectivity index (χ4n) is 1.27. The van der Waals surface area contributed by atoms with E-state index in [4.69, 9.17) is 5.53 Å². The van der Waals surface area contributed by atoms with Crippen LogP contribution >= 0.6 is 0 Å². The van der Waals surface area contributed by atoms with Gasteiger partial charge in [-0.3, -0.25) is 0 Å². The molecule has 0 aliphatic heterocycles. The van der Waals surface area contributed by atoms with Gasteiger partial charge in [0, 0.05) is 11.5 Å². The summed E-state index contributed by atoms with van der Waals surface area (Å²) in [4.78, 5) is 5.33. The summed E-state index contributed by atoms with van der Waals surface area (Å²) in [6.07, 6.45) is -2.76. The lowest BCUT2D eigenvalue weighted by Gasteiger charge is -2.17. The van der Waals surface area contributed by atoms with E-state index in [-0.39, 0.29) is 18.5 Å². The van der Waals surface area contributed by atoms with Gasteiger partial charge >= 0.3 is 0 Å². The number of hydrogen-bond acceptors (Lipinski definition) is 4. The summed E-state index contributed by atoms with van der Waals surface area (Å²) in [5, 5.41) is 22.2. The average molecular weight is 244 g/mol. The molecule has 8 heteroatoms. The lowest BCUT2D eigenvalue weighted by Crippen LogP contribution is -2.19. The van der Waals surface area contributed by atoms with E-state index < -0.39 is 24.1 Å². The molecule has 2 unspecified atom stereocenters. The molecule has 1 aromatic rings. The van der Waals surface area contributed by atoms with Crippen LogP contribution in [-0.4, -0.2) is 27.8 Å². The Bertz CT molecular complexity index is 417. The number of nitrogens with zero attached hydrogens (tertiary/aromatic N) is 4. The van der Waals surface area contributed by atoms with Gasteiger partial charge < -0.3 is 10.2 Å². The van der Waals surface area contributed by atoms with Crippen molar-refractivity contribution in [2.24, 2.45) is 5.11 Å². The number of halogens is 2. The van der Waals surface area contributed by atoms with Crippen molar-refractivity contribution in [2.45, 2.75) is 18.6 Å². The second-order valence-electron chi connectivity index (χ2n) is 3.30. The molecule has 6 nitrogen and oxygen atoms in total. The fourth-order valence-corrected chi connectivity index (χ4v) is 1.27. The van der Waals surface area contributed by atoms with Crippen molar-refractivity contribution >= 4 is 0 Å². The Morgan fingerprint density at radius 2 is 1.94 bits per heavy atom. The molecule has 0 saturated heterocycles. The molecular formula is C9H10F2N4O2. The first-order chi connectivity index (χ1) is 8.04. The number of aliphatic hydroxyl groups excluding tert-OH is 2. The zero-order valence-electron chi connectivity index (χ0n) is 8.66. The van der Waals surface area contributed by atoms with Gasteiger partial charge in [0.1, 0.15) is 6.10 Å². The third-order valence-electron chi connectivity index (χ3n) is 2.08. The smallest absolute Gasteiger partial charge is 0.215 e. The zero-order chi connectivity index (χ0) is 12.8. The van der Waals surface area contributed by atoms with Gasteiger partial charge in [-0.15, -0.1) is 0 Å². The van der Waals surface area contributed by atoms with Crippen molar-refractivity contribution in [1.29, 1.82) is 0 Å². The number of rotatable bonds is 5. The van der Waals surface area contributed by atoms with Crippen LogP contribution in [0.25, 0.3) is 10.4 Å². The fraction of sp³-hybridized carbons (Fsp3) is 0.444. The molecule has 0 fully saturated rings. The SMILES string of the molecule is [N-]=[N+]=NCCC(O)C(O)c1cc(F)nc(F)c1. The third-order valence-corrected chi connectivity index (χ3v) is 2.08. The van der Waals surface area contributed by atoms with Crippen LogP contribution in [0.3, 0.4) is 0 Å². The molecule has 0 aliphatic carbocycles. The lowest BCUT2D eigenvalue weighted by molar-refractivity contribution is 0.0146. The summed E-state index contributed by atoms with van der Waals surface area (Å²) >= 11 is 0.